The maximum Gasteiger partial charge on any atom is 0.135 e. The average molecular weight is 310 g/mol. The second kappa shape index (κ2) is 6.99. The fraction of sp³-hybridized carbons (Fsp3) is 0.300. The first-order valence-corrected chi connectivity index (χ1v) is 7.97. The van der Waals surface area contributed by atoms with Crippen molar-refractivity contribution in [2.24, 2.45) is 0 Å². The lowest BCUT2D eigenvalue weighted by molar-refractivity contribution is 0.0333. The molecule has 0 heterocycles. The van der Waals surface area contributed by atoms with Gasteiger partial charge in [-0.05, 0) is 34.9 Å². The van der Waals surface area contributed by atoms with E-state index in [9.17, 15) is 5.11 Å². The van der Waals surface area contributed by atoms with Crippen LogP contribution in [0.25, 0.3) is 21.5 Å². The zero-order chi connectivity index (χ0) is 16.2. The van der Waals surface area contributed by atoms with Gasteiger partial charge in [0.25, 0.3) is 0 Å². The quantitative estimate of drug-likeness (QED) is 0.701. The van der Waals surface area contributed by atoms with Gasteiger partial charge in [-0.3, -0.25) is 0 Å². The van der Waals surface area contributed by atoms with Crippen LogP contribution < -0.4 is 4.74 Å². The van der Waals surface area contributed by atoms with E-state index in [2.05, 4.69) is 43.3 Å². The molecule has 120 valence electrons. The predicted molar refractivity (Wildman–Crippen MR) is 94.2 cm³/mol. The van der Waals surface area contributed by atoms with Crippen molar-refractivity contribution < 1.29 is 14.6 Å². The van der Waals surface area contributed by atoms with E-state index in [0.29, 0.717) is 0 Å². The molecule has 3 aromatic carbocycles. The molecule has 0 radical (unpaired) electrons. The highest BCUT2D eigenvalue weighted by Gasteiger charge is 2.12. The summed E-state index contributed by atoms with van der Waals surface area (Å²) < 4.78 is 11.0. The molecule has 3 nitrogen and oxygen atoms in total. The summed E-state index contributed by atoms with van der Waals surface area (Å²) in [7, 11) is 1.57. The number of aryl methyl sites for hydroxylation is 1. The minimum absolute atomic E-state index is 0.216. The summed E-state index contributed by atoms with van der Waals surface area (Å²) in [4.78, 5) is 0. The highest BCUT2D eigenvalue weighted by atomic mass is 16.5. The molecule has 0 fully saturated rings. The Balaban J connectivity index is 2.11. The molecule has 0 amide bonds. The number of methoxy groups -OCH3 is 1. The van der Waals surface area contributed by atoms with E-state index in [-0.39, 0.29) is 13.2 Å². The van der Waals surface area contributed by atoms with Gasteiger partial charge >= 0.3 is 0 Å². The molecule has 3 heteroatoms. The van der Waals surface area contributed by atoms with Gasteiger partial charge in [0.15, 0.2) is 0 Å². The molecule has 1 atom stereocenters. The van der Waals surface area contributed by atoms with Gasteiger partial charge in [-0.15, -0.1) is 0 Å². The third-order valence-electron chi connectivity index (χ3n) is 4.07. The number of aliphatic hydroxyl groups excluding tert-OH is 1. The Morgan fingerprint density at radius 1 is 0.957 bits per heavy atom. The monoisotopic (exact) mass is 310 g/mol. The van der Waals surface area contributed by atoms with Crippen LogP contribution in [0, 0.1) is 0 Å². The Labute approximate surface area is 136 Å². The molecule has 0 aliphatic carbocycles. The molecule has 0 bridgehead atoms. The number of fused-ring (bicyclic) bond motifs is 2. The maximum atomic E-state index is 9.91. The minimum atomic E-state index is -0.636. The molecular formula is C20H22O3. The van der Waals surface area contributed by atoms with Crippen molar-refractivity contribution in [2.75, 3.05) is 20.3 Å². The topological polar surface area (TPSA) is 38.7 Å². The van der Waals surface area contributed by atoms with Crippen LogP contribution in [-0.4, -0.2) is 31.5 Å². The average Bonchev–Trinajstić information content (AvgIpc) is 2.58. The lowest BCUT2D eigenvalue weighted by Crippen LogP contribution is -2.22. The van der Waals surface area contributed by atoms with E-state index in [1.807, 2.05) is 12.1 Å². The summed E-state index contributed by atoms with van der Waals surface area (Å²) in [5.41, 5.74) is 1.27. The van der Waals surface area contributed by atoms with E-state index in [4.69, 9.17) is 9.47 Å². The second-order valence-electron chi connectivity index (χ2n) is 5.76. The summed E-state index contributed by atoms with van der Waals surface area (Å²) >= 11 is 0. The van der Waals surface area contributed by atoms with Gasteiger partial charge in [-0.2, -0.15) is 0 Å². The lowest BCUT2D eigenvalue weighted by atomic mass is 9.99. The number of aliphatic hydroxyl groups is 1. The Hall–Kier alpha value is -2.10. The molecule has 1 unspecified atom stereocenters. The van der Waals surface area contributed by atoms with Gasteiger partial charge in [0.2, 0.25) is 0 Å². The minimum Gasteiger partial charge on any atom is -0.489 e. The third kappa shape index (κ3) is 3.31. The van der Waals surface area contributed by atoms with Gasteiger partial charge in [0.05, 0.1) is 6.61 Å². The molecule has 1 N–H and O–H groups in total. The van der Waals surface area contributed by atoms with Gasteiger partial charge in [-0.1, -0.05) is 43.3 Å². The van der Waals surface area contributed by atoms with Crippen LogP contribution in [0.15, 0.2) is 48.5 Å². The molecule has 0 aliphatic heterocycles. The normalized spacial score (nSPS) is 12.7. The Morgan fingerprint density at radius 3 is 2.52 bits per heavy atom. The Bertz CT molecular complexity index is 810. The number of hydrogen-bond acceptors (Lipinski definition) is 3. The molecule has 0 saturated heterocycles. The standard InChI is InChI=1S/C20H22O3/c1-3-14-8-9-16-11-15-6-4-5-7-18(15)20(19(16)10-14)23-13-17(21)12-22-2/h4-11,17,21H,3,12-13H2,1-2H3. The van der Waals surface area contributed by atoms with Crippen LogP contribution in [-0.2, 0) is 11.2 Å². The summed E-state index contributed by atoms with van der Waals surface area (Å²) in [5.74, 6) is 0.837. The second-order valence-corrected chi connectivity index (χ2v) is 5.76. The summed E-state index contributed by atoms with van der Waals surface area (Å²) in [6.45, 7) is 2.63. The van der Waals surface area contributed by atoms with Gasteiger partial charge in [0.1, 0.15) is 18.5 Å². The van der Waals surface area contributed by atoms with Crippen molar-refractivity contribution in [3.8, 4) is 5.75 Å². The SMILES string of the molecule is CCc1ccc2cc3ccccc3c(OCC(O)COC)c2c1. The molecule has 3 aromatic rings. The van der Waals surface area contributed by atoms with Gasteiger partial charge in [0, 0.05) is 17.9 Å². The van der Waals surface area contributed by atoms with E-state index in [1.54, 1.807) is 7.11 Å². The highest BCUT2D eigenvalue weighted by Crippen LogP contribution is 2.35. The molecular weight excluding hydrogens is 288 g/mol. The van der Waals surface area contributed by atoms with Crippen molar-refractivity contribution >= 4 is 21.5 Å². The molecule has 0 aliphatic rings. The van der Waals surface area contributed by atoms with Crippen LogP contribution in [0.3, 0.4) is 0 Å². The Kier molecular flexibility index (Phi) is 4.79. The predicted octanol–water partition coefficient (Wildman–Crippen LogP) is 3.94. The molecule has 3 rings (SSSR count). The zero-order valence-electron chi connectivity index (χ0n) is 13.6. The van der Waals surface area contributed by atoms with E-state index in [0.717, 1.165) is 33.7 Å². The van der Waals surface area contributed by atoms with Crippen molar-refractivity contribution in [1.29, 1.82) is 0 Å². The largest absolute Gasteiger partial charge is 0.489 e. The Morgan fingerprint density at radius 2 is 1.74 bits per heavy atom. The summed E-state index contributed by atoms with van der Waals surface area (Å²) in [6, 6.07) is 16.8. The molecule has 23 heavy (non-hydrogen) atoms. The third-order valence-corrected chi connectivity index (χ3v) is 4.07. The zero-order valence-corrected chi connectivity index (χ0v) is 13.6. The fourth-order valence-electron chi connectivity index (χ4n) is 2.86. The number of benzene rings is 3. The first-order chi connectivity index (χ1) is 11.2. The van der Waals surface area contributed by atoms with Crippen molar-refractivity contribution in [3.63, 3.8) is 0 Å². The number of hydrogen-bond donors (Lipinski definition) is 1. The summed E-state index contributed by atoms with van der Waals surface area (Å²) in [6.07, 6.45) is 0.345. The van der Waals surface area contributed by atoms with Gasteiger partial charge in [-0.25, -0.2) is 0 Å². The molecule has 0 saturated carbocycles. The highest BCUT2D eigenvalue weighted by molar-refractivity contribution is 6.05. The number of ether oxygens (including phenoxy) is 2. The maximum absolute atomic E-state index is 9.91. The van der Waals surface area contributed by atoms with Crippen LogP contribution in [0.1, 0.15) is 12.5 Å². The van der Waals surface area contributed by atoms with E-state index < -0.39 is 6.10 Å². The lowest BCUT2D eigenvalue weighted by Gasteiger charge is -2.16. The first kappa shape index (κ1) is 15.8. The van der Waals surface area contributed by atoms with Gasteiger partial charge < -0.3 is 14.6 Å². The molecule has 0 aromatic heterocycles. The summed E-state index contributed by atoms with van der Waals surface area (Å²) in [5, 5.41) is 14.4. The van der Waals surface area contributed by atoms with E-state index in [1.165, 1.54) is 5.56 Å². The van der Waals surface area contributed by atoms with Crippen LogP contribution in [0.2, 0.25) is 0 Å². The van der Waals surface area contributed by atoms with Crippen molar-refractivity contribution in [3.05, 3.63) is 54.1 Å². The molecule has 0 spiro atoms. The number of rotatable bonds is 6. The van der Waals surface area contributed by atoms with Crippen molar-refractivity contribution in [1.82, 2.24) is 0 Å². The van der Waals surface area contributed by atoms with Crippen LogP contribution >= 0.6 is 0 Å². The van der Waals surface area contributed by atoms with E-state index >= 15 is 0 Å². The fourth-order valence-corrected chi connectivity index (χ4v) is 2.86. The van der Waals surface area contributed by atoms with Crippen LogP contribution in [0.4, 0.5) is 0 Å². The first-order valence-electron chi connectivity index (χ1n) is 7.97. The smallest absolute Gasteiger partial charge is 0.135 e. The van der Waals surface area contributed by atoms with Crippen LogP contribution in [0.5, 0.6) is 5.75 Å². The van der Waals surface area contributed by atoms with Crippen molar-refractivity contribution in [2.45, 2.75) is 19.4 Å².